The number of amides is 1. The van der Waals surface area contributed by atoms with Crippen LogP contribution in [0.25, 0.3) is 0 Å². The molecule has 2 atom stereocenters. The van der Waals surface area contributed by atoms with Gasteiger partial charge in [0, 0.05) is 12.5 Å². The molecule has 1 aliphatic carbocycles. The number of halogens is 1. The molecule has 22 heavy (non-hydrogen) atoms. The minimum atomic E-state index is -0.219. The molecule has 124 valence electrons. The van der Waals surface area contributed by atoms with Gasteiger partial charge in [0.15, 0.2) is 5.82 Å². The number of hydrogen-bond donors (Lipinski definition) is 2. The summed E-state index contributed by atoms with van der Waals surface area (Å²) in [7, 11) is 0. The van der Waals surface area contributed by atoms with Crippen LogP contribution in [0.15, 0.2) is 4.52 Å². The molecule has 7 heteroatoms. The van der Waals surface area contributed by atoms with E-state index in [0.29, 0.717) is 11.8 Å². The van der Waals surface area contributed by atoms with Crippen molar-refractivity contribution in [2.45, 2.75) is 57.4 Å². The lowest BCUT2D eigenvalue weighted by Gasteiger charge is -2.17. The Morgan fingerprint density at radius 1 is 1.32 bits per heavy atom. The number of carbonyl (C=O) groups excluding carboxylic acids is 1. The third-order valence-corrected chi connectivity index (χ3v) is 4.59. The molecule has 0 aromatic carbocycles. The Kier molecular flexibility index (Phi) is 6.20. The van der Waals surface area contributed by atoms with Crippen LogP contribution in [0.2, 0.25) is 0 Å². The number of carbonyl (C=O) groups is 1. The molecule has 0 spiro atoms. The van der Waals surface area contributed by atoms with E-state index in [0.717, 1.165) is 38.2 Å². The minimum Gasteiger partial charge on any atom is -0.344 e. The van der Waals surface area contributed by atoms with E-state index in [9.17, 15) is 4.79 Å². The first kappa shape index (κ1) is 17.2. The molecule has 2 unspecified atom stereocenters. The lowest BCUT2D eigenvalue weighted by molar-refractivity contribution is -0.125. The Balaban J connectivity index is 0.00000176. The molecule has 1 aliphatic heterocycles. The maximum atomic E-state index is 12.1. The third-order valence-electron chi connectivity index (χ3n) is 4.59. The number of rotatable bonds is 4. The van der Waals surface area contributed by atoms with Gasteiger partial charge in [0.05, 0.1) is 5.92 Å². The normalized spacial score (nSPS) is 23.8. The second-order valence-electron chi connectivity index (χ2n) is 6.25. The summed E-state index contributed by atoms with van der Waals surface area (Å²) in [5.41, 5.74) is 0. The average molecular weight is 329 g/mol. The van der Waals surface area contributed by atoms with Gasteiger partial charge in [-0.15, -0.1) is 12.4 Å². The fraction of sp³-hybridized carbons (Fsp3) is 0.800. The molecule has 1 aromatic heterocycles. The highest BCUT2D eigenvalue weighted by Crippen LogP contribution is 2.31. The van der Waals surface area contributed by atoms with E-state index in [1.807, 2.05) is 6.92 Å². The zero-order valence-electron chi connectivity index (χ0n) is 13.0. The molecule has 2 N–H and O–H groups in total. The summed E-state index contributed by atoms with van der Waals surface area (Å²) >= 11 is 0. The number of hydrogen-bond acceptors (Lipinski definition) is 5. The van der Waals surface area contributed by atoms with E-state index in [-0.39, 0.29) is 30.3 Å². The summed E-state index contributed by atoms with van der Waals surface area (Å²) in [6.45, 7) is 3.58. The highest BCUT2D eigenvalue weighted by molar-refractivity contribution is 5.85. The van der Waals surface area contributed by atoms with Crippen molar-refractivity contribution in [3.05, 3.63) is 11.7 Å². The van der Waals surface area contributed by atoms with Crippen molar-refractivity contribution in [3.8, 4) is 0 Å². The van der Waals surface area contributed by atoms with E-state index in [1.54, 1.807) is 0 Å². The maximum Gasteiger partial charge on any atom is 0.248 e. The molecule has 0 radical (unpaired) electrons. The lowest BCUT2D eigenvalue weighted by atomic mass is 9.89. The van der Waals surface area contributed by atoms with Crippen LogP contribution in [0.1, 0.15) is 69.1 Å². The fourth-order valence-electron chi connectivity index (χ4n) is 3.22. The quantitative estimate of drug-likeness (QED) is 0.886. The molecule has 6 nitrogen and oxygen atoms in total. The Morgan fingerprint density at radius 3 is 2.77 bits per heavy atom. The summed E-state index contributed by atoms with van der Waals surface area (Å²) in [4.78, 5) is 16.6. The highest BCUT2D eigenvalue weighted by atomic mass is 35.5. The number of aromatic nitrogens is 2. The first-order valence-electron chi connectivity index (χ1n) is 8.08. The third kappa shape index (κ3) is 3.98. The van der Waals surface area contributed by atoms with Crippen LogP contribution < -0.4 is 10.6 Å². The van der Waals surface area contributed by atoms with Crippen LogP contribution in [-0.4, -0.2) is 29.1 Å². The molecule has 0 bridgehead atoms. The molecular weight excluding hydrogens is 304 g/mol. The minimum absolute atomic E-state index is 0. The van der Waals surface area contributed by atoms with Gasteiger partial charge in [-0.25, -0.2) is 0 Å². The molecule has 1 saturated heterocycles. The topological polar surface area (TPSA) is 80.0 Å². The van der Waals surface area contributed by atoms with Gasteiger partial charge in [0.1, 0.15) is 6.04 Å². The molecule has 1 saturated carbocycles. The molecule has 2 heterocycles. The molecule has 1 amide bonds. The van der Waals surface area contributed by atoms with Gasteiger partial charge in [-0.2, -0.15) is 4.98 Å². The van der Waals surface area contributed by atoms with E-state index in [2.05, 4.69) is 20.8 Å². The SMILES string of the molecule is CC(NC(=O)C1CCNC1)c1nc(C2CCCCC2)no1.Cl. The average Bonchev–Trinajstić information content (AvgIpc) is 3.20. The molecule has 2 fully saturated rings. The van der Waals surface area contributed by atoms with Gasteiger partial charge in [0.2, 0.25) is 11.8 Å². The van der Waals surface area contributed by atoms with Gasteiger partial charge in [-0.05, 0) is 32.7 Å². The maximum absolute atomic E-state index is 12.1. The fourth-order valence-corrected chi connectivity index (χ4v) is 3.22. The summed E-state index contributed by atoms with van der Waals surface area (Å²) in [5.74, 6) is 1.90. The predicted molar refractivity (Wildman–Crippen MR) is 84.9 cm³/mol. The molecular formula is C15H25ClN4O2. The number of nitrogens with zero attached hydrogens (tertiary/aromatic N) is 2. The van der Waals surface area contributed by atoms with Gasteiger partial charge < -0.3 is 15.2 Å². The summed E-state index contributed by atoms with van der Waals surface area (Å²) in [5, 5.41) is 10.3. The molecule has 2 aliphatic rings. The van der Waals surface area contributed by atoms with Crippen molar-refractivity contribution in [2.75, 3.05) is 13.1 Å². The highest BCUT2D eigenvalue weighted by Gasteiger charge is 2.27. The summed E-state index contributed by atoms with van der Waals surface area (Å²) in [6.07, 6.45) is 6.99. The Hall–Kier alpha value is -1.14. The smallest absolute Gasteiger partial charge is 0.248 e. The predicted octanol–water partition coefficient (Wildman–Crippen LogP) is 2.33. The van der Waals surface area contributed by atoms with Gasteiger partial charge in [-0.3, -0.25) is 4.79 Å². The van der Waals surface area contributed by atoms with Crippen LogP contribution in [0.5, 0.6) is 0 Å². The van der Waals surface area contributed by atoms with Crippen molar-refractivity contribution >= 4 is 18.3 Å². The standard InChI is InChI=1S/C15H24N4O2.ClH/c1-10(17-14(20)12-7-8-16-9-12)15-18-13(19-21-15)11-5-3-2-4-6-11;/h10-12,16H,2-9H2,1H3,(H,17,20);1H. The molecule has 3 rings (SSSR count). The zero-order valence-corrected chi connectivity index (χ0v) is 13.8. The van der Waals surface area contributed by atoms with Crippen LogP contribution >= 0.6 is 12.4 Å². The van der Waals surface area contributed by atoms with E-state index < -0.39 is 0 Å². The van der Waals surface area contributed by atoms with Crippen LogP contribution in [0.3, 0.4) is 0 Å². The first-order chi connectivity index (χ1) is 10.2. The van der Waals surface area contributed by atoms with E-state index in [4.69, 9.17) is 4.52 Å². The second-order valence-corrected chi connectivity index (χ2v) is 6.25. The van der Waals surface area contributed by atoms with Crippen molar-refractivity contribution < 1.29 is 9.32 Å². The Morgan fingerprint density at radius 2 is 2.09 bits per heavy atom. The lowest BCUT2D eigenvalue weighted by Crippen LogP contribution is -2.34. The van der Waals surface area contributed by atoms with Crippen molar-refractivity contribution in [3.63, 3.8) is 0 Å². The van der Waals surface area contributed by atoms with Gasteiger partial charge >= 0.3 is 0 Å². The molecule has 1 aromatic rings. The largest absolute Gasteiger partial charge is 0.344 e. The monoisotopic (exact) mass is 328 g/mol. The number of nitrogens with one attached hydrogen (secondary N) is 2. The Labute approximate surface area is 137 Å². The zero-order chi connectivity index (χ0) is 14.7. The van der Waals surface area contributed by atoms with Gasteiger partial charge in [0.25, 0.3) is 0 Å². The van der Waals surface area contributed by atoms with Crippen LogP contribution in [-0.2, 0) is 4.79 Å². The van der Waals surface area contributed by atoms with E-state index >= 15 is 0 Å². The Bertz CT molecular complexity index is 482. The second kappa shape index (κ2) is 7.92. The van der Waals surface area contributed by atoms with Crippen LogP contribution in [0.4, 0.5) is 0 Å². The van der Waals surface area contributed by atoms with E-state index in [1.165, 1.54) is 19.3 Å². The van der Waals surface area contributed by atoms with Crippen molar-refractivity contribution in [1.29, 1.82) is 0 Å². The van der Waals surface area contributed by atoms with Crippen molar-refractivity contribution in [2.24, 2.45) is 5.92 Å². The summed E-state index contributed by atoms with van der Waals surface area (Å²) in [6, 6.07) is -0.219. The summed E-state index contributed by atoms with van der Waals surface area (Å²) < 4.78 is 5.35. The van der Waals surface area contributed by atoms with Crippen LogP contribution in [0, 0.1) is 5.92 Å². The first-order valence-corrected chi connectivity index (χ1v) is 8.08. The van der Waals surface area contributed by atoms with Crippen molar-refractivity contribution in [1.82, 2.24) is 20.8 Å². The van der Waals surface area contributed by atoms with Gasteiger partial charge in [-0.1, -0.05) is 24.4 Å².